The first-order chi connectivity index (χ1) is 28.9. The number of hydrogen-bond donors (Lipinski definition) is 2. The fourth-order valence-electron chi connectivity index (χ4n) is 7.57. The molecule has 61 heavy (non-hydrogen) atoms. The summed E-state index contributed by atoms with van der Waals surface area (Å²) in [5, 5.41) is 10.6. The van der Waals surface area contributed by atoms with E-state index in [0.29, 0.717) is 31.7 Å². The second-order valence-electron chi connectivity index (χ2n) is 18.3. The molecule has 2 aliphatic carbocycles. The van der Waals surface area contributed by atoms with Crippen molar-refractivity contribution in [3.63, 3.8) is 0 Å². The standard InChI is InChI=1S/C50H65N3O8/c1-48(2,3)61-47(57)52-50(6,7)30-32-53(31-13-11-9-10-12-29-49(4,5)51-46(56)59-34-35-17-21-38(58-8)22-18-35)44(54)27-28-45(55)60-39-23-26-41-37(33-39)20-25-42-40-16-14-15-36(40)19-24-43(41)42/h14-25,33H,9-13,26-32,34H2,1-8H3,(H,51,56)(H,52,57). The van der Waals surface area contributed by atoms with E-state index in [2.05, 4.69) is 53.1 Å². The lowest BCUT2D eigenvalue weighted by molar-refractivity contribution is -0.142. The zero-order chi connectivity index (χ0) is 44.2. The lowest BCUT2D eigenvalue weighted by atomic mass is 9.94. The van der Waals surface area contributed by atoms with Crippen LogP contribution in [0.3, 0.4) is 0 Å². The van der Waals surface area contributed by atoms with E-state index < -0.39 is 34.8 Å². The molecule has 0 saturated heterocycles. The molecule has 0 saturated carbocycles. The van der Waals surface area contributed by atoms with Gasteiger partial charge in [0, 0.05) is 30.6 Å². The Hall–Kier alpha value is -5.58. The average Bonchev–Trinajstić information content (AvgIpc) is 3.68. The number of nitrogens with zero attached hydrogens (tertiary/aromatic N) is 1. The van der Waals surface area contributed by atoms with Crippen LogP contribution < -0.4 is 25.8 Å². The highest BCUT2D eigenvalue weighted by molar-refractivity contribution is 5.96. The molecule has 11 heteroatoms. The lowest BCUT2D eigenvalue weighted by Gasteiger charge is -2.31. The Balaban J connectivity index is 1.08. The summed E-state index contributed by atoms with van der Waals surface area (Å²) in [5.74, 6) is 0.660. The number of alkyl carbamates (subject to hydrolysis) is 2. The number of amides is 3. The number of esters is 1. The van der Waals surface area contributed by atoms with Crippen LogP contribution in [0.15, 0.2) is 66.4 Å². The number of carbonyl (C=O) groups is 4. The molecule has 0 bridgehead atoms. The summed E-state index contributed by atoms with van der Waals surface area (Å²) < 4.78 is 21.9. The summed E-state index contributed by atoms with van der Waals surface area (Å²) >= 11 is 0. The third-order valence-electron chi connectivity index (χ3n) is 10.9. The van der Waals surface area contributed by atoms with Crippen LogP contribution in [0.25, 0.3) is 29.0 Å². The van der Waals surface area contributed by atoms with E-state index in [1.54, 1.807) is 12.0 Å². The monoisotopic (exact) mass is 835 g/mol. The first kappa shape index (κ1) is 46.5. The van der Waals surface area contributed by atoms with Crippen molar-refractivity contribution >= 4 is 53.1 Å². The summed E-state index contributed by atoms with van der Waals surface area (Å²) in [5.41, 5.74) is 1.62. The second-order valence-corrected chi connectivity index (χ2v) is 18.3. The van der Waals surface area contributed by atoms with Crippen molar-refractivity contribution in [3.8, 4) is 5.75 Å². The third kappa shape index (κ3) is 14.5. The molecule has 328 valence electrons. The lowest BCUT2D eigenvalue weighted by Crippen LogP contribution is -2.48. The van der Waals surface area contributed by atoms with Gasteiger partial charge in [-0.1, -0.05) is 80.3 Å². The zero-order valence-corrected chi connectivity index (χ0v) is 37.4. The average molecular weight is 836 g/mol. The van der Waals surface area contributed by atoms with Gasteiger partial charge in [-0.05, 0) is 136 Å². The minimum absolute atomic E-state index is 0.0213. The predicted molar refractivity (Wildman–Crippen MR) is 241 cm³/mol. The van der Waals surface area contributed by atoms with E-state index in [0.717, 1.165) is 55.1 Å². The van der Waals surface area contributed by atoms with Gasteiger partial charge in [0.15, 0.2) is 0 Å². The summed E-state index contributed by atoms with van der Waals surface area (Å²) in [4.78, 5) is 53.6. The van der Waals surface area contributed by atoms with Gasteiger partial charge in [-0.15, -0.1) is 0 Å². The summed E-state index contributed by atoms with van der Waals surface area (Å²) in [6.07, 6.45) is 15.7. The molecule has 0 fully saturated rings. The Morgan fingerprint density at radius 1 is 0.721 bits per heavy atom. The van der Waals surface area contributed by atoms with Crippen molar-refractivity contribution in [1.29, 1.82) is 0 Å². The first-order valence-corrected chi connectivity index (χ1v) is 21.6. The Morgan fingerprint density at radius 3 is 2.13 bits per heavy atom. The molecule has 0 atom stereocenters. The van der Waals surface area contributed by atoms with Gasteiger partial charge in [0.2, 0.25) is 5.91 Å². The van der Waals surface area contributed by atoms with Crippen LogP contribution in [0.5, 0.6) is 5.75 Å². The molecule has 2 aliphatic rings. The van der Waals surface area contributed by atoms with E-state index in [9.17, 15) is 19.2 Å². The molecule has 0 aliphatic heterocycles. The Bertz CT molecular complexity index is 2230. The third-order valence-corrected chi connectivity index (χ3v) is 10.9. The number of methoxy groups -OCH3 is 1. The number of benzene rings is 3. The van der Waals surface area contributed by atoms with Crippen LogP contribution in [0.2, 0.25) is 0 Å². The molecular formula is C50H65N3O8. The molecule has 0 unspecified atom stereocenters. The fourth-order valence-corrected chi connectivity index (χ4v) is 7.57. The van der Waals surface area contributed by atoms with Gasteiger partial charge in [0.25, 0.3) is 0 Å². The molecule has 5 rings (SSSR count). The van der Waals surface area contributed by atoms with Crippen LogP contribution in [-0.2, 0) is 36.8 Å². The van der Waals surface area contributed by atoms with Gasteiger partial charge in [-0.2, -0.15) is 0 Å². The van der Waals surface area contributed by atoms with Crippen molar-refractivity contribution in [2.75, 3.05) is 20.2 Å². The quantitative estimate of drug-likeness (QED) is 0.0656. The number of fused-ring (bicyclic) bond motifs is 5. The van der Waals surface area contributed by atoms with Crippen molar-refractivity contribution in [2.24, 2.45) is 0 Å². The number of ether oxygens (including phenoxy) is 4. The van der Waals surface area contributed by atoms with Crippen LogP contribution in [-0.4, -0.2) is 65.8 Å². The molecule has 3 amide bonds. The molecule has 0 spiro atoms. The normalized spacial score (nSPS) is 13.2. The minimum atomic E-state index is -0.636. The highest BCUT2D eigenvalue weighted by atomic mass is 16.6. The second kappa shape index (κ2) is 20.8. The highest BCUT2D eigenvalue weighted by Gasteiger charge is 2.27. The van der Waals surface area contributed by atoms with Crippen LogP contribution in [0.1, 0.15) is 123 Å². The van der Waals surface area contributed by atoms with Crippen LogP contribution >= 0.6 is 0 Å². The largest absolute Gasteiger partial charge is 0.497 e. The topological polar surface area (TPSA) is 132 Å². The van der Waals surface area contributed by atoms with Gasteiger partial charge in [-0.25, -0.2) is 9.59 Å². The van der Waals surface area contributed by atoms with Gasteiger partial charge in [-0.3, -0.25) is 9.59 Å². The zero-order valence-electron chi connectivity index (χ0n) is 37.4. The molecular weight excluding hydrogens is 771 g/mol. The van der Waals surface area contributed by atoms with Gasteiger partial charge in [0.05, 0.1) is 13.5 Å². The van der Waals surface area contributed by atoms with E-state index >= 15 is 0 Å². The molecule has 0 radical (unpaired) electrons. The van der Waals surface area contributed by atoms with Gasteiger partial charge >= 0.3 is 18.2 Å². The molecule has 3 aromatic rings. The summed E-state index contributed by atoms with van der Waals surface area (Å²) in [6, 6.07) is 15.9. The smallest absolute Gasteiger partial charge is 0.408 e. The maximum atomic E-state index is 13.7. The SMILES string of the molecule is COc1ccc(COC(=O)NC(C)(C)CCCCCCCN(CCC(C)(C)NC(=O)OC(C)(C)C)C(=O)CCC(=O)OC2=CCc3c(ccc4c5c(ccc34)=CC=C5)=C2)cc1. The van der Waals surface area contributed by atoms with Crippen LogP contribution in [0, 0.1) is 0 Å². The van der Waals surface area contributed by atoms with E-state index in [4.69, 9.17) is 18.9 Å². The maximum absolute atomic E-state index is 13.7. The van der Waals surface area contributed by atoms with Gasteiger partial charge in [0.1, 0.15) is 23.7 Å². The van der Waals surface area contributed by atoms with Crippen molar-refractivity contribution in [2.45, 2.75) is 136 Å². The minimum Gasteiger partial charge on any atom is -0.497 e. The molecule has 3 aromatic carbocycles. The number of carbonyl (C=O) groups excluding carboxylic acids is 4. The highest BCUT2D eigenvalue weighted by Crippen LogP contribution is 2.24. The Morgan fingerprint density at radius 2 is 1.39 bits per heavy atom. The maximum Gasteiger partial charge on any atom is 0.408 e. The molecule has 0 heterocycles. The van der Waals surface area contributed by atoms with Crippen LogP contribution in [0.4, 0.5) is 9.59 Å². The van der Waals surface area contributed by atoms with E-state index in [-0.39, 0.29) is 25.4 Å². The number of allylic oxidation sites excluding steroid dienone is 3. The predicted octanol–water partition coefficient (Wildman–Crippen LogP) is 8.77. The fraction of sp³-hybridized carbons (Fsp3) is 0.480. The Labute approximate surface area is 361 Å². The van der Waals surface area contributed by atoms with Crippen molar-refractivity contribution < 1.29 is 38.1 Å². The number of unbranched alkanes of at least 4 members (excludes halogenated alkanes) is 4. The first-order valence-electron chi connectivity index (χ1n) is 21.6. The Kier molecular flexibility index (Phi) is 15.8. The van der Waals surface area contributed by atoms with E-state index in [1.807, 2.05) is 84.9 Å². The van der Waals surface area contributed by atoms with E-state index in [1.165, 1.54) is 27.1 Å². The molecule has 2 N–H and O–H groups in total. The summed E-state index contributed by atoms with van der Waals surface area (Å²) in [6.45, 7) is 14.4. The van der Waals surface area contributed by atoms with Gasteiger partial charge < -0.3 is 34.5 Å². The number of nitrogens with one attached hydrogen (secondary N) is 2. The molecule has 0 aromatic heterocycles. The molecule has 11 nitrogen and oxygen atoms in total. The number of hydrogen-bond acceptors (Lipinski definition) is 8. The number of rotatable bonds is 20. The van der Waals surface area contributed by atoms with Crippen molar-refractivity contribution in [3.05, 3.63) is 93.6 Å². The van der Waals surface area contributed by atoms with Crippen molar-refractivity contribution in [1.82, 2.24) is 15.5 Å². The summed E-state index contributed by atoms with van der Waals surface area (Å²) in [7, 11) is 1.61.